The highest BCUT2D eigenvalue weighted by molar-refractivity contribution is 8.18. The van der Waals surface area contributed by atoms with Crippen molar-refractivity contribution in [3.8, 4) is 5.75 Å². The van der Waals surface area contributed by atoms with Gasteiger partial charge in [-0.25, -0.2) is 4.99 Å². The minimum absolute atomic E-state index is 0.267. The zero-order valence-electron chi connectivity index (χ0n) is 20.8. The first kappa shape index (κ1) is 28.2. The van der Waals surface area contributed by atoms with E-state index in [4.69, 9.17) is 4.74 Å². The molecule has 1 amide bonds. The molecule has 3 aromatic rings. The molecule has 0 radical (unpaired) electrons. The number of carbonyl (C=O) groups is 1. The maximum Gasteiger partial charge on any atom is 0.516 e. The van der Waals surface area contributed by atoms with Crippen LogP contribution in [-0.4, -0.2) is 25.0 Å². The summed E-state index contributed by atoms with van der Waals surface area (Å²) >= 11 is 1.10. The normalized spacial score (nSPS) is 16.1. The Kier molecular flexibility index (Phi) is 8.36. The molecule has 1 saturated heterocycles. The fourth-order valence-corrected chi connectivity index (χ4v) is 4.80. The van der Waals surface area contributed by atoms with E-state index in [1.165, 1.54) is 22.4 Å². The second kappa shape index (κ2) is 11.5. The summed E-state index contributed by atoms with van der Waals surface area (Å²) in [6.45, 7) is 4.73. The molecule has 0 saturated carbocycles. The van der Waals surface area contributed by atoms with E-state index in [2.05, 4.69) is 36.3 Å². The zero-order chi connectivity index (χ0) is 28.2. The molecule has 7 nitrogen and oxygen atoms in total. The molecule has 1 fully saturated rings. The van der Waals surface area contributed by atoms with Crippen LogP contribution in [0.4, 0.5) is 24.5 Å². The van der Waals surface area contributed by atoms with Crippen molar-refractivity contribution in [2.24, 2.45) is 4.99 Å². The average Bonchev–Trinajstić information content (AvgIpc) is 3.22. The third-order valence-electron chi connectivity index (χ3n) is 5.54. The van der Waals surface area contributed by atoms with Crippen LogP contribution in [0.25, 0.3) is 6.08 Å². The van der Waals surface area contributed by atoms with Crippen LogP contribution in [0.1, 0.15) is 36.5 Å². The van der Waals surface area contributed by atoms with Crippen molar-refractivity contribution in [3.63, 3.8) is 0 Å². The van der Waals surface area contributed by atoms with Crippen molar-refractivity contribution in [2.75, 3.05) is 4.72 Å². The number of aliphatic imine (C=N–C) groups is 1. The number of amides is 1. The van der Waals surface area contributed by atoms with Gasteiger partial charge in [-0.15, -0.1) is 0 Å². The lowest BCUT2D eigenvalue weighted by Crippen LogP contribution is -2.29. The topological polar surface area (TPSA) is 96.9 Å². The van der Waals surface area contributed by atoms with Crippen molar-refractivity contribution in [1.82, 2.24) is 5.32 Å². The van der Waals surface area contributed by atoms with Gasteiger partial charge in [0.05, 0.1) is 10.6 Å². The summed E-state index contributed by atoms with van der Waals surface area (Å²) in [6, 6.07) is 20.5. The third kappa shape index (κ3) is 7.42. The Hall–Kier alpha value is -3.77. The third-order valence-corrected chi connectivity index (χ3v) is 7.56. The molecular weight excluding hydrogens is 551 g/mol. The summed E-state index contributed by atoms with van der Waals surface area (Å²) in [6.07, 6.45) is 1.70. The minimum Gasteiger partial charge on any atom is -0.489 e. The second-order valence-electron chi connectivity index (χ2n) is 8.83. The maximum atomic E-state index is 12.5. The number of ether oxygens (including phenoxy) is 1. The SMILES string of the molecule is CC(C)c1ccc(COc2ccc(C=C3SC(=Nc4ccc(NS(=O)(=O)C(F)(F)F)cc4)NC3=O)cc2)cc1. The van der Waals surface area contributed by atoms with Crippen LogP contribution >= 0.6 is 11.8 Å². The number of rotatable bonds is 8. The van der Waals surface area contributed by atoms with Gasteiger partial charge in [0, 0.05) is 5.69 Å². The molecule has 1 aliphatic rings. The van der Waals surface area contributed by atoms with Gasteiger partial charge in [-0.2, -0.15) is 21.6 Å². The van der Waals surface area contributed by atoms with E-state index in [1.54, 1.807) is 6.08 Å². The summed E-state index contributed by atoms with van der Waals surface area (Å²) in [4.78, 5) is 17.0. The molecule has 12 heteroatoms. The van der Waals surface area contributed by atoms with E-state index < -0.39 is 15.5 Å². The highest BCUT2D eigenvalue weighted by Gasteiger charge is 2.46. The molecule has 0 unspecified atom stereocenters. The number of nitrogens with one attached hydrogen (secondary N) is 2. The van der Waals surface area contributed by atoms with Crippen molar-refractivity contribution in [2.45, 2.75) is 31.9 Å². The van der Waals surface area contributed by atoms with Gasteiger partial charge < -0.3 is 10.1 Å². The Bertz CT molecular complexity index is 1500. The van der Waals surface area contributed by atoms with Crippen molar-refractivity contribution in [1.29, 1.82) is 0 Å². The van der Waals surface area contributed by atoms with Crippen LogP contribution in [0.5, 0.6) is 5.75 Å². The molecule has 2 N–H and O–H groups in total. The molecule has 4 rings (SSSR count). The van der Waals surface area contributed by atoms with Gasteiger partial charge >= 0.3 is 15.5 Å². The number of sulfonamides is 1. The first-order chi connectivity index (χ1) is 18.4. The number of alkyl halides is 3. The standard InChI is InChI=1S/C27H24F3N3O4S2/c1-17(2)20-7-3-19(4-8-20)16-37-23-13-5-18(6-14-23)15-24-25(34)32-26(38-24)31-21-9-11-22(12-10-21)33-39(35,36)27(28,29)30/h3-15,17,33H,16H2,1-2H3,(H,31,32,34). The first-order valence-electron chi connectivity index (χ1n) is 11.7. The molecule has 1 heterocycles. The highest BCUT2D eigenvalue weighted by Crippen LogP contribution is 2.30. The number of nitrogens with zero attached hydrogens (tertiary/aromatic N) is 1. The molecule has 3 aromatic carbocycles. The van der Waals surface area contributed by atoms with Gasteiger partial charge in [-0.05, 0) is 76.8 Å². The zero-order valence-corrected chi connectivity index (χ0v) is 22.5. The molecule has 0 aliphatic carbocycles. The highest BCUT2D eigenvalue weighted by atomic mass is 32.2. The number of benzene rings is 3. The molecule has 0 bridgehead atoms. The molecular formula is C27H24F3N3O4S2. The maximum absolute atomic E-state index is 12.5. The summed E-state index contributed by atoms with van der Waals surface area (Å²) in [5.74, 6) is 0.811. The number of hydrogen-bond acceptors (Lipinski definition) is 6. The molecule has 0 aromatic heterocycles. The Morgan fingerprint density at radius 3 is 2.23 bits per heavy atom. The number of halogens is 3. The Labute approximate surface area is 228 Å². The monoisotopic (exact) mass is 575 g/mol. The summed E-state index contributed by atoms with van der Waals surface area (Å²) in [5, 5.41) is 2.90. The molecule has 39 heavy (non-hydrogen) atoms. The van der Waals surface area contributed by atoms with Gasteiger partial charge in [0.1, 0.15) is 12.4 Å². The van der Waals surface area contributed by atoms with Crippen LogP contribution in [0.15, 0.2) is 82.7 Å². The Morgan fingerprint density at radius 2 is 1.64 bits per heavy atom. The van der Waals surface area contributed by atoms with Crippen LogP contribution < -0.4 is 14.8 Å². The predicted molar refractivity (Wildman–Crippen MR) is 147 cm³/mol. The number of thioether (sulfide) groups is 1. The number of anilines is 1. The minimum atomic E-state index is -5.52. The Balaban J connectivity index is 1.35. The van der Waals surface area contributed by atoms with E-state index in [-0.39, 0.29) is 16.8 Å². The summed E-state index contributed by atoms with van der Waals surface area (Å²) < 4.78 is 67.3. The van der Waals surface area contributed by atoms with Gasteiger partial charge in [0.2, 0.25) is 0 Å². The fourth-order valence-electron chi connectivity index (χ4n) is 3.39. The van der Waals surface area contributed by atoms with Gasteiger partial charge in [-0.1, -0.05) is 50.2 Å². The second-order valence-corrected chi connectivity index (χ2v) is 11.5. The lowest BCUT2D eigenvalue weighted by Gasteiger charge is -2.10. The molecule has 0 atom stereocenters. The smallest absolute Gasteiger partial charge is 0.489 e. The lowest BCUT2D eigenvalue weighted by atomic mass is 10.0. The van der Waals surface area contributed by atoms with Gasteiger partial charge in [0.25, 0.3) is 5.91 Å². The van der Waals surface area contributed by atoms with E-state index in [9.17, 15) is 26.4 Å². The summed E-state index contributed by atoms with van der Waals surface area (Å²) in [7, 11) is -5.52. The molecule has 0 spiro atoms. The fraction of sp³-hybridized carbons (Fsp3) is 0.185. The van der Waals surface area contributed by atoms with Gasteiger partial charge in [0.15, 0.2) is 5.17 Å². The summed E-state index contributed by atoms with van der Waals surface area (Å²) in [5.41, 5.74) is -2.26. The lowest BCUT2D eigenvalue weighted by molar-refractivity contribution is -0.115. The van der Waals surface area contributed by atoms with E-state index >= 15 is 0 Å². The van der Waals surface area contributed by atoms with Crippen molar-refractivity contribution < 1.29 is 31.1 Å². The predicted octanol–water partition coefficient (Wildman–Crippen LogP) is 6.54. The van der Waals surface area contributed by atoms with Crippen LogP contribution in [0, 0.1) is 0 Å². The van der Waals surface area contributed by atoms with Crippen LogP contribution in [-0.2, 0) is 21.4 Å². The van der Waals surface area contributed by atoms with Crippen molar-refractivity contribution in [3.05, 3.63) is 94.4 Å². The Morgan fingerprint density at radius 1 is 1.00 bits per heavy atom. The molecule has 1 aliphatic heterocycles. The molecule has 204 valence electrons. The van der Waals surface area contributed by atoms with E-state index in [0.717, 1.165) is 35.0 Å². The number of carbonyl (C=O) groups excluding carboxylic acids is 1. The van der Waals surface area contributed by atoms with Crippen LogP contribution in [0.3, 0.4) is 0 Å². The van der Waals surface area contributed by atoms with Crippen molar-refractivity contribution >= 4 is 50.3 Å². The largest absolute Gasteiger partial charge is 0.516 e. The van der Waals surface area contributed by atoms with Crippen LogP contribution in [0.2, 0.25) is 0 Å². The number of hydrogen-bond donors (Lipinski definition) is 2. The quantitative estimate of drug-likeness (QED) is 0.297. The van der Waals surface area contributed by atoms with E-state index in [1.807, 2.05) is 36.4 Å². The van der Waals surface area contributed by atoms with Gasteiger partial charge in [-0.3, -0.25) is 9.52 Å². The first-order valence-corrected chi connectivity index (χ1v) is 14.0. The van der Waals surface area contributed by atoms with E-state index in [0.29, 0.717) is 28.9 Å². The number of amidine groups is 1. The average molecular weight is 576 g/mol.